The molecule has 0 fully saturated rings. The van der Waals surface area contributed by atoms with Gasteiger partial charge in [0.15, 0.2) is 0 Å². The van der Waals surface area contributed by atoms with Crippen LogP contribution < -0.4 is 0 Å². The van der Waals surface area contributed by atoms with Crippen LogP contribution in [0.4, 0.5) is 0 Å². The van der Waals surface area contributed by atoms with Gasteiger partial charge in [-0.1, -0.05) is 27.7 Å². The van der Waals surface area contributed by atoms with E-state index in [0.717, 1.165) is 23.9 Å². The molecule has 1 aromatic rings. The molecule has 0 saturated carbocycles. The summed E-state index contributed by atoms with van der Waals surface area (Å²) in [5, 5.41) is 0. The maximum Gasteiger partial charge on any atom is 0.103 e. The third-order valence-electron chi connectivity index (χ3n) is 1.14. The summed E-state index contributed by atoms with van der Waals surface area (Å²) in [4.78, 5) is 0. The topological polar surface area (TPSA) is 13.1 Å². The van der Waals surface area contributed by atoms with Crippen molar-refractivity contribution in [1.29, 1.82) is 0 Å². The fraction of sp³-hybridized carbons (Fsp3) is 0.538. The molecule has 0 amide bonds. The van der Waals surface area contributed by atoms with Crippen molar-refractivity contribution in [3.63, 3.8) is 0 Å². The van der Waals surface area contributed by atoms with Crippen LogP contribution in [-0.2, 0) is 6.42 Å². The molecule has 0 bridgehead atoms. The molecular formula is C13H22O. The molecule has 1 nitrogen and oxygen atoms in total. The second-order valence-corrected chi connectivity index (χ2v) is 3.60. The van der Waals surface area contributed by atoms with Crippen molar-refractivity contribution in [3.8, 4) is 12.8 Å². The van der Waals surface area contributed by atoms with Crippen LogP contribution in [-0.4, -0.2) is 0 Å². The molecule has 0 unspecified atom stereocenters. The van der Waals surface area contributed by atoms with E-state index >= 15 is 0 Å². The number of aryl methyl sites for hydroxylation is 2. The highest BCUT2D eigenvalue weighted by Crippen LogP contribution is 2.05. The maximum absolute atomic E-state index is 5.23. The Hall–Kier alpha value is -1.16. The zero-order valence-electron chi connectivity index (χ0n) is 10.0. The first-order valence-corrected chi connectivity index (χ1v) is 4.94. The molecule has 1 rings (SSSR count). The smallest absolute Gasteiger partial charge is 0.103 e. The van der Waals surface area contributed by atoms with E-state index in [0.29, 0.717) is 0 Å². The molecule has 1 heteroatoms. The van der Waals surface area contributed by atoms with Gasteiger partial charge in [0, 0.05) is 6.42 Å². The molecule has 0 N–H and O–H groups in total. The fourth-order valence-corrected chi connectivity index (χ4v) is 0.675. The standard InChI is InChI=1S/C7H10O.C4H10.C2H2/c1-3-7-5-4-6(2)8-7;1-4(2)3;1-2/h4-5H,3H2,1-2H3;4H,1-3H3;1-2H. The van der Waals surface area contributed by atoms with Gasteiger partial charge in [-0.05, 0) is 25.0 Å². The molecule has 0 aliphatic heterocycles. The summed E-state index contributed by atoms with van der Waals surface area (Å²) in [6, 6.07) is 3.99. The van der Waals surface area contributed by atoms with Crippen molar-refractivity contribution in [3.05, 3.63) is 23.7 Å². The van der Waals surface area contributed by atoms with Gasteiger partial charge in [-0.15, -0.1) is 12.8 Å². The van der Waals surface area contributed by atoms with E-state index in [2.05, 4.69) is 40.5 Å². The van der Waals surface area contributed by atoms with E-state index in [1.54, 1.807) is 0 Å². The lowest BCUT2D eigenvalue weighted by Gasteiger charge is -1.83. The van der Waals surface area contributed by atoms with Gasteiger partial charge < -0.3 is 4.42 Å². The van der Waals surface area contributed by atoms with Gasteiger partial charge in [-0.3, -0.25) is 0 Å². The Morgan fingerprint density at radius 1 is 1.21 bits per heavy atom. The summed E-state index contributed by atoms with van der Waals surface area (Å²) >= 11 is 0. The Bertz CT molecular complexity index is 228. The highest BCUT2D eigenvalue weighted by molar-refractivity contribution is 5.04. The van der Waals surface area contributed by atoms with Gasteiger partial charge in [0.1, 0.15) is 11.5 Å². The van der Waals surface area contributed by atoms with Gasteiger partial charge in [0.05, 0.1) is 0 Å². The molecule has 14 heavy (non-hydrogen) atoms. The second kappa shape index (κ2) is 9.92. The van der Waals surface area contributed by atoms with Crippen LogP contribution in [0.3, 0.4) is 0 Å². The van der Waals surface area contributed by atoms with Crippen molar-refractivity contribution >= 4 is 0 Å². The summed E-state index contributed by atoms with van der Waals surface area (Å²) in [7, 11) is 0. The van der Waals surface area contributed by atoms with Crippen LogP contribution in [0.5, 0.6) is 0 Å². The van der Waals surface area contributed by atoms with Crippen LogP contribution in [0.2, 0.25) is 0 Å². The molecule has 0 aromatic carbocycles. The van der Waals surface area contributed by atoms with Crippen molar-refractivity contribution in [2.24, 2.45) is 5.92 Å². The largest absolute Gasteiger partial charge is 0.466 e. The third-order valence-corrected chi connectivity index (χ3v) is 1.14. The summed E-state index contributed by atoms with van der Waals surface area (Å²) < 4.78 is 5.23. The summed E-state index contributed by atoms with van der Waals surface area (Å²) in [6.45, 7) is 10.5. The zero-order valence-corrected chi connectivity index (χ0v) is 10.0. The highest BCUT2D eigenvalue weighted by atomic mass is 16.3. The lowest BCUT2D eigenvalue weighted by molar-refractivity contribution is 0.489. The SMILES string of the molecule is C#C.CC(C)C.CCc1ccc(C)o1. The molecule has 80 valence electrons. The van der Waals surface area contributed by atoms with E-state index in [-0.39, 0.29) is 0 Å². The molecule has 0 spiro atoms. The number of rotatable bonds is 1. The van der Waals surface area contributed by atoms with Gasteiger partial charge in [0.25, 0.3) is 0 Å². The molecular weight excluding hydrogens is 172 g/mol. The molecule has 0 atom stereocenters. The first-order chi connectivity index (χ1) is 6.56. The number of hydrogen-bond donors (Lipinski definition) is 0. The average Bonchev–Trinajstić information content (AvgIpc) is 2.54. The minimum Gasteiger partial charge on any atom is -0.466 e. The average molecular weight is 194 g/mol. The van der Waals surface area contributed by atoms with E-state index in [1.165, 1.54) is 0 Å². The first-order valence-electron chi connectivity index (χ1n) is 4.94. The Morgan fingerprint density at radius 2 is 1.64 bits per heavy atom. The van der Waals surface area contributed by atoms with Crippen molar-refractivity contribution in [1.82, 2.24) is 0 Å². The Morgan fingerprint density at radius 3 is 1.79 bits per heavy atom. The minimum absolute atomic E-state index is 0.833. The van der Waals surface area contributed by atoms with Gasteiger partial charge in [-0.25, -0.2) is 0 Å². The van der Waals surface area contributed by atoms with Crippen LogP contribution >= 0.6 is 0 Å². The minimum atomic E-state index is 0.833. The fourth-order valence-electron chi connectivity index (χ4n) is 0.675. The lowest BCUT2D eigenvalue weighted by atomic mass is 10.3. The van der Waals surface area contributed by atoms with Gasteiger partial charge in [-0.2, -0.15) is 0 Å². The molecule has 0 aliphatic carbocycles. The van der Waals surface area contributed by atoms with Gasteiger partial charge in [0.2, 0.25) is 0 Å². The Balaban J connectivity index is 0. The Kier molecular flexibility index (Phi) is 10.9. The summed E-state index contributed by atoms with van der Waals surface area (Å²) in [5.74, 6) is 2.91. The first kappa shape index (κ1) is 15.3. The molecule has 0 aliphatic rings. The van der Waals surface area contributed by atoms with Crippen LogP contribution in [0, 0.1) is 25.7 Å². The van der Waals surface area contributed by atoms with Crippen LogP contribution in [0.15, 0.2) is 16.5 Å². The lowest BCUT2D eigenvalue weighted by Crippen LogP contribution is -1.67. The molecule has 0 saturated heterocycles. The van der Waals surface area contributed by atoms with Crippen molar-refractivity contribution in [2.45, 2.75) is 41.0 Å². The predicted molar refractivity (Wildman–Crippen MR) is 63.2 cm³/mol. The predicted octanol–water partition coefficient (Wildman–Crippen LogP) is 4.06. The highest BCUT2D eigenvalue weighted by Gasteiger charge is 1.91. The van der Waals surface area contributed by atoms with E-state index < -0.39 is 0 Å². The van der Waals surface area contributed by atoms with E-state index in [9.17, 15) is 0 Å². The molecule has 1 heterocycles. The molecule has 0 radical (unpaired) electrons. The van der Waals surface area contributed by atoms with Crippen LogP contribution in [0.1, 0.15) is 39.2 Å². The summed E-state index contributed by atoms with van der Waals surface area (Å²) in [6.07, 6.45) is 8.99. The van der Waals surface area contributed by atoms with E-state index in [1.807, 2.05) is 19.1 Å². The van der Waals surface area contributed by atoms with E-state index in [4.69, 9.17) is 4.42 Å². The summed E-state index contributed by atoms with van der Waals surface area (Å²) in [5.41, 5.74) is 0. The third kappa shape index (κ3) is 10.8. The monoisotopic (exact) mass is 194 g/mol. The Labute approximate surface area is 88.5 Å². The normalized spacial score (nSPS) is 8.29. The maximum atomic E-state index is 5.23. The number of hydrogen-bond acceptors (Lipinski definition) is 1. The second-order valence-electron chi connectivity index (χ2n) is 3.60. The zero-order chi connectivity index (χ0) is 11.6. The number of furan rings is 1. The van der Waals surface area contributed by atoms with Crippen molar-refractivity contribution < 1.29 is 4.42 Å². The van der Waals surface area contributed by atoms with Crippen LogP contribution in [0.25, 0.3) is 0 Å². The number of terminal acetylenes is 1. The van der Waals surface area contributed by atoms with Crippen molar-refractivity contribution in [2.75, 3.05) is 0 Å². The molecule has 1 aromatic heterocycles. The van der Waals surface area contributed by atoms with Gasteiger partial charge >= 0.3 is 0 Å². The quantitative estimate of drug-likeness (QED) is 0.614.